The van der Waals surface area contributed by atoms with Gasteiger partial charge in [-0.15, -0.1) is 0 Å². The van der Waals surface area contributed by atoms with Crippen LogP contribution in [0.1, 0.15) is 0 Å². The van der Waals surface area contributed by atoms with Gasteiger partial charge in [-0.3, -0.25) is 4.79 Å². The maximum absolute atomic E-state index is 9.96. The van der Waals surface area contributed by atoms with Gasteiger partial charge in [-0.1, -0.05) is 0 Å². The minimum Gasteiger partial charge on any atom is -0.410 e. The molecule has 0 rings (SSSR count). The molecule has 0 spiro atoms. The van der Waals surface area contributed by atoms with Crippen molar-refractivity contribution in [1.29, 1.82) is 0 Å². The second-order valence-corrected chi connectivity index (χ2v) is 1.02. The van der Waals surface area contributed by atoms with Crippen molar-refractivity contribution in [2.45, 2.75) is 6.48 Å². The molecular formula is C3H7NO4. The molecule has 48 valence electrons. The van der Waals surface area contributed by atoms with E-state index in [4.69, 9.17) is 15.9 Å². The first-order chi connectivity index (χ1) is 3.66. The lowest BCUT2D eigenvalue weighted by Crippen LogP contribution is -2.23. The summed E-state index contributed by atoms with van der Waals surface area (Å²) in [6.07, 6.45) is 0. The van der Waals surface area contributed by atoms with Gasteiger partial charge in [0.05, 0.1) is 6.54 Å². The zero-order chi connectivity index (χ0) is 6.57. The molecule has 0 amide bonds. The summed E-state index contributed by atoms with van der Waals surface area (Å²) in [5, 5.41) is 15.8. The molecule has 0 aromatic heterocycles. The lowest BCUT2D eigenvalue weighted by molar-refractivity contribution is -0.228. The topological polar surface area (TPSA) is 92.8 Å². The Morgan fingerprint density at radius 2 is 2.25 bits per heavy atom. The van der Waals surface area contributed by atoms with Gasteiger partial charge in [-0.05, 0) is 0 Å². The van der Waals surface area contributed by atoms with Gasteiger partial charge in [0.1, 0.15) is 0 Å². The Morgan fingerprint density at radius 1 is 1.75 bits per heavy atom. The van der Waals surface area contributed by atoms with E-state index in [1.54, 1.807) is 0 Å². The predicted octanol–water partition coefficient (Wildman–Crippen LogP) is -2.24. The average molecular weight is 121 g/mol. The van der Waals surface area contributed by atoms with Crippen molar-refractivity contribution in [3.8, 4) is 0 Å². The van der Waals surface area contributed by atoms with E-state index in [0.717, 1.165) is 0 Å². The van der Waals surface area contributed by atoms with E-state index in [9.17, 15) is 4.79 Å². The van der Waals surface area contributed by atoms with Crippen molar-refractivity contribution < 1.29 is 19.7 Å². The summed E-state index contributed by atoms with van der Waals surface area (Å²) in [4.78, 5) is 9.96. The number of esters is 1. The molecule has 0 aliphatic carbocycles. The molecule has 0 unspecified atom stereocenters. The van der Waals surface area contributed by atoms with Crippen LogP contribution in [-0.2, 0) is 9.53 Å². The van der Waals surface area contributed by atoms with Gasteiger partial charge in [0.15, 0.2) is 0 Å². The molecule has 0 saturated heterocycles. The molecule has 0 atom stereocenters. The van der Waals surface area contributed by atoms with Crippen LogP contribution in [0.5, 0.6) is 0 Å². The second-order valence-electron chi connectivity index (χ2n) is 1.02. The van der Waals surface area contributed by atoms with Gasteiger partial charge in [0.2, 0.25) is 0 Å². The Bertz CT molecular complexity index is 81.4. The Kier molecular flexibility index (Phi) is 3.09. The zero-order valence-corrected chi connectivity index (χ0v) is 4.07. The smallest absolute Gasteiger partial charge is 0.323 e. The Balaban J connectivity index is 3.25. The first-order valence-electron chi connectivity index (χ1n) is 1.92. The lowest BCUT2D eigenvalue weighted by Gasteiger charge is -2.01. The molecule has 0 aliphatic rings. The molecule has 0 bridgehead atoms. The van der Waals surface area contributed by atoms with E-state index in [1.165, 1.54) is 0 Å². The van der Waals surface area contributed by atoms with Crippen molar-refractivity contribution in [2.24, 2.45) is 5.73 Å². The Hall–Kier alpha value is -0.650. The molecule has 0 aromatic rings. The normalized spacial score (nSPS) is 9.50. The summed E-state index contributed by atoms with van der Waals surface area (Å²) in [5.41, 5.74) is 4.72. The van der Waals surface area contributed by atoms with Crippen molar-refractivity contribution in [1.82, 2.24) is 0 Å². The number of carbonyl (C=O) groups excluding carboxylic acids is 1. The van der Waals surface area contributed by atoms with E-state index >= 15 is 0 Å². The van der Waals surface area contributed by atoms with Crippen LogP contribution in [0, 0.1) is 0 Å². The van der Waals surface area contributed by atoms with Crippen molar-refractivity contribution >= 4 is 5.97 Å². The van der Waals surface area contributed by atoms with E-state index in [0.29, 0.717) is 0 Å². The first kappa shape index (κ1) is 7.35. The van der Waals surface area contributed by atoms with Crippen LogP contribution in [0.4, 0.5) is 0 Å². The fourth-order valence-corrected chi connectivity index (χ4v) is 0.166. The molecule has 0 fully saturated rings. The number of hydrogen-bond acceptors (Lipinski definition) is 5. The summed E-state index contributed by atoms with van der Waals surface area (Å²) >= 11 is 0. The highest BCUT2D eigenvalue weighted by Crippen LogP contribution is 1.78. The second kappa shape index (κ2) is 3.36. The van der Waals surface area contributed by atoms with Gasteiger partial charge in [0.25, 0.3) is 0 Å². The van der Waals surface area contributed by atoms with Crippen molar-refractivity contribution in [3.63, 3.8) is 0 Å². The SMILES string of the molecule is NCC(=O)OC(O)O. The number of aliphatic hydroxyl groups is 2. The number of rotatable bonds is 2. The lowest BCUT2D eigenvalue weighted by atomic mass is 10.7. The van der Waals surface area contributed by atoms with Crippen LogP contribution < -0.4 is 5.73 Å². The fraction of sp³-hybridized carbons (Fsp3) is 0.667. The molecular weight excluding hydrogens is 114 g/mol. The van der Waals surface area contributed by atoms with Crippen molar-refractivity contribution in [2.75, 3.05) is 6.54 Å². The number of nitrogens with two attached hydrogens (primary N) is 1. The third-order valence-electron chi connectivity index (χ3n) is 0.404. The van der Waals surface area contributed by atoms with E-state index < -0.39 is 12.4 Å². The quantitative estimate of drug-likeness (QED) is 0.283. The summed E-state index contributed by atoms with van der Waals surface area (Å²) in [7, 11) is 0. The molecule has 5 nitrogen and oxygen atoms in total. The Labute approximate surface area is 45.7 Å². The highest BCUT2D eigenvalue weighted by atomic mass is 16.7. The van der Waals surface area contributed by atoms with Crippen LogP contribution in [0.3, 0.4) is 0 Å². The monoisotopic (exact) mass is 121 g/mol. The van der Waals surface area contributed by atoms with Crippen molar-refractivity contribution in [3.05, 3.63) is 0 Å². The highest BCUT2D eigenvalue weighted by Gasteiger charge is 2.02. The minimum absolute atomic E-state index is 0.350. The summed E-state index contributed by atoms with van der Waals surface area (Å²) < 4.78 is 3.75. The molecule has 0 aliphatic heterocycles. The summed E-state index contributed by atoms with van der Waals surface area (Å²) in [5.74, 6) is -0.847. The van der Waals surface area contributed by atoms with Crippen LogP contribution in [-0.4, -0.2) is 29.2 Å². The third-order valence-corrected chi connectivity index (χ3v) is 0.404. The van der Waals surface area contributed by atoms with Gasteiger partial charge < -0.3 is 20.7 Å². The number of carbonyl (C=O) groups is 1. The molecule has 8 heavy (non-hydrogen) atoms. The van der Waals surface area contributed by atoms with Gasteiger partial charge in [-0.25, -0.2) is 0 Å². The maximum atomic E-state index is 9.96. The molecule has 0 saturated carbocycles. The number of hydrogen-bond donors (Lipinski definition) is 3. The van der Waals surface area contributed by atoms with Crippen LogP contribution in [0.15, 0.2) is 0 Å². The average Bonchev–Trinajstić information content (AvgIpc) is 1.65. The number of aliphatic hydroxyl groups excluding tert-OH is 1. The number of ether oxygens (including phenoxy) is 1. The molecule has 5 heteroatoms. The molecule has 0 radical (unpaired) electrons. The van der Waals surface area contributed by atoms with Crippen LogP contribution in [0.2, 0.25) is 0 Å². The van der Waals surface area contributed by atoms with Crippen LogP contribution >= 0.6 is 0 Å². The summed E-state index contributed by atoms with van der Waals surface area (Å²) in [6.45, 7) is -2.40. The minimum atomic E-state index is -2.05. The molecule has 0 heterocycles. The predicted molar refractivity (Wildman–Crippen MR) is 23.4 cm³/mol. The standard InChI is InChI=1S/C3H7NO4/c4-1-2(5)8-3(6)7/h3,6-7H,1,4H2. The highest BCUT2D eigenvalue weighted by molar-refractivity contribution is 5.71. The van der Waals surface area contributed by atoms with Gasteiger partial charge in [-0.2, -0.15) is 0 Å². The van der Waals surface area contributed by atoms with E-state index in [-0.39, 0.29) is 6.54 Å². The molecule has 0 aromatic carbocycles. The van der Waals surface area contributed by atoms with Crippen LogP contribution in [0.25, 0.3) is 0 Å². The molecule has 4 N–H and O–H groups in total. The fourth-order valence-electron chi connectivity index (χ4n) is 0.166. The third kappa shape index (κ3) is 3.54. The Morgan fingerprint density at radius 3 is 2.38 bits per heavy atom. The first-order valence-corrected chi connectivity index (χ1v) is 1.92. The zero-order valence-electron chi connectivity index (χ0n) is 4.07. The van der Waals surface area contributed by atoms with E-state index in [2.05, 4.69) is 4.74 Å². The van der Waals surface area contributed by atoms with Gasteiger partial charge >= 0.3 is 12.4 Å². The summed E-state index contributed by atoms with van der Waals surface area (Å²) in [6, 6.07) is 0. The van der Waals surface area contributed by atoms with Gasteiger partial charge in [0, 0.05) is 0 Å². The maximum Gasteiger partial charge on any atom is 0.323 e. The van der Waals surface area contributed by atoms with E-state index in [1.807, 2.05) is 0 Å². The largest absolute Gasteiger partial charge is 0.410 e.